The lowest BCUT2D eigenvalue weighted by Gasteiger charge is -2.32. The second-order valence-corrected chi connectivity index (χ2v) is 8.94. The standard InChI is InChI=1S/C25H31FN4O4/c1-29-7-4-18-11-19(12-21(26)23(18)29)22-24(30-8-5-17(6-9-30)25(31)32)28-20(13-27-22)10-16(14-33-2)15-34-3/h4,7,11-13,16-17H,5-6,8-10,14-15H2,1-3H3,(H,31,32). The Labute approximate surface area is 198 Å². The van der Waals surface area contributed by atoms with Gasteiger partial charge in [0, 0.05) is 63.6 Å². The lowest BCUT2D eigenvalue weighted by atomic mass is 9.96. The number of aryl methyl sites for hydroxylation is 1. The summed E-state index contributed by atoms with van der Waals surface area (Å²) in [5.74, 6) is -0.662. The molecule has 8 nitrogen and oxygen atoms in total. The zero-order valence-electron chi connectivity index (χ0n) is 19.8. The van der Waals surface area contributed by atoms with Crippen molar-refractivity contribution in [2.24, 2.45) is 18.9 Å². The topological polar surface area (TPSA) is 89.7 Å². The second kappa shape index (κ2) is 10.5. The molecule has 0 unspecified atom stereocenters. The Morgan fingerprint density at radius 2 is 1.94 bits per heavy atom. The van der Waals surface area contributed by atoms with Gasteiger partial charge in [0.05, 0.1) is 30.3 Å². The number of hydrogen-bond donors (Lipinski definition) is 1. The molecule has 0 spiro atoms. The van der Waals surface area contributed by atoms with Crippen molar-refractivity contribution in [3.8, 4) is 11.3 Å². The quantitative estimate of drug-likeness (QED) is 0.512. The smallest absolute Gasteiger partial charge is 0.306 e. The van der Waals surface area contributed by atoms with Crippen LogP contribution in [0.4, 0.5) is 10.2 Å². The van der Waals surface area contributed by atoms with Crippen LogP contribution in [0.3, 0.4) is 0 Å². The van der Waals surface area contributed by atoms with Gasteiger partial charge in [0.25, 0.3) is 0 Å². The number of fused-ring (bicyclic) bond motifs is 1. The summed E-state index contributed by atoms with van der Waals surface area (Å²) in [7, 11) is 5.13. The van der Waals surface area contributed by atoms with Gasteiger partial charge >= 0.3 is 5.97 Å². The van der Waals surface area contributed by atoms with Gasteiger partial charge in [-0.3, -0.25) is 9.78 Å². The van der Waals surface area contributed by atoms with Crippen LogP contribution in [-0.2, 0) is 27.7 Å². The van der Waals surface area contributed by atoms with Crippen molar-refractivity contribution in [2.45, 2.75) is 19.3 Å². The first kappa shape index (κ1) is 24.1. The summed E-state index contributed by atoms with van der Waals surface area (Å²) in [6.07, 6.45) is 5.25. The third-order valence-corrected chi connectivity index (χ3v) is 6.45. The first-order chi connectivity index (χ1) is 16.4. The number of nitrogens with zero attached hydrogens (tertiary/aromatic N) is 4. The van der Waals surface area contributed by atoms with E-state index >= 15 is 0 Å². The molecule has 0 bridgehead atoms. The van der Waals surface area contributed by atoms with Crippen LogP contribution < -0.4 is 4.90 Å². The van der Waals surface area contributed by atoms with Crippen LogP contribution in [-0.4, -0.2) is 66.1 Å². The highest BCUT2D eigenvalue weighted by molar-refractivity contribution is 5.87. The van der Waals surface area contributed by atoms with Crippen LogP contribution in [0.2, 0.25) is 0 Å². The van der Waals surface area contributed by atoms with E-state index in [1.165, 1.54) is 6.07 Å². The molecule has 1 aromatic carbocycles. The van der Waals surface area contributed by atoms with E-state index in [9.17, 15) is 14.3 Å². The number of aliphatic carboxylic acids is 1. The van der Waals surface area contributed by atoms with Crippen molar-refractivity contribution in [1.82, 2.24) is 14.5 Å². The number of piperidine rings is 1. The Balaban J connectivity index is 1.73. The predicted octanol–water partition coefficient (Wildman–Crippen LogP) is 3.53. The Hall–Kier alpha value is -3.04. The summed E-state index contributed by atoms with van der Waals surface area (Å²) in [5, 5.41) is 10.2. The number of carboxylic acids is 1. The number of aromatic nitrogens is 3. The highest BCUT2D eigenvalue weighted by atomic mass is 19.1. The van der Waals surface area contributed by atoms with Crippen molar-refractivity contribution in [1.29, 1.82) is 0 Å². The number of methoxy groups -OCH3 is 2. The maximum atomic E-state index is 15.0. The summed E-state index contributed by atoms with van der Waals surface area (Å²) in [4.78, 5) is 23.2. The Kier molecular flexibility index (Phi) is 7.43. The molecule has 9 heteroatoms. The first-order valence-corrected chi connectivity index (χ1v) is 11.5. The third-order valence-electron chi connectivity index (χ3n) is 6.45. The molecule has 3 aromatic rings. The molecule has 1 N–H and O–H groups in total. The highest BCUT2D eigenvalue weighted by Gasteiger charge is 2.28. The maximum absolute atomic E-state index is 15.0. The Bertz CT molecular complexity index is 1150. The molecular weight excluding hydrogens is 439 g/mol. The van der Waals surface area contributed by atoms with Crippen LogP contribution in [0, 0.1) is 17.7 Å². The van der Waals surface area contributed by atoms with E-state index in [-0.39, 0.29) is 17.7 Å². The van der Waals surface area contributed by atoms with Crippen LogP contribution in [0.15, 0.2) is 30.6 Å². The molecular formula is C25H31FN4O4. The lowest BCUT2D eigenvalue weighted by molar-refractivity contribution is -0.142. The Morgan fingerprint density at radius 1 is 1.24 bits per heavy atom. The molecule has 0 radical (unpaired) electrons. The molecule has 0 aliphatic carbocycles. The number of rotatable bonds is 9. The molecule has 1 saturated heterocycles. The minimum absolute atomic E-state index is 0.124. The largest absolute Gasteiger partial charge is 0.481 e. The average molecular weight is 471 g/mol. The van der Waals surface area contributed by atoms with Gasteiger partial charge in [0.2, 0.25) is 0 Å². The van der Waals surface area contributed by atoms with E-state index in [0.717, 1.165) is 11.1 Å². The molecule has 34 heavy (non-hydrogen) atoms. The number of carboxylic acid groups (broad SMARTS) is 1. The molecule has 2 aromatic heterocycles. The third kappa shape index (κ3) is 5.05. The van der Waals surface area contributed by atoms with Crippen molar-refractivity contribution in [3.63, 3.8) is 0 Å². The monoisotopic (exact) mass is 470 g/mol. The van der Waals surface area contributed by atoms with Gasteiger partial charge < -0.3 is 24.0 Å². The maximum Gasteiger partial charge on any atom is 0.306 e. The summed E-state index contributed by atoms with van der Waals surface area (Å²) < 4.78 is 27.4. The SMILES string of the molecule is COCC(COC)Cc1cnc(-c2cc(F)c3c(ccn3C)c2)c(N2CCC(C(=O)O)CC2)n1. The fourth-order valence-electron chi connectivity index (χ4n) is 4.73. The molecule has 1 aliphatic heterocycles. The van der Waals surface area contributed by atoms with E-state index < -0.39 is 5.97 Å². The highest BCUT2D eigenvalue weighted by Crippen LogP contribution is 2.34. The molecule has 182 valence electrons. The van der Waals surface area contributed by atoms with Gasteiger partial charge in [-0.2, -0.15) is 0 Å². The lowest BCUT2D eigenvalue weighted by Crippen LogP contribution is -2.37. The Morgan fingerprint density at radius 3 is 2.59 bits per heavy atom. The molecule has 0 amide bonds. The molecule has 1 fully saturated rings. The zero-order chi connectivity index (χ0) is 24.2. The molecule has 1 aliphatic rings. The fourth-order valence-corrected chi connectivity index (χ4v) is 4.73. The van der Waals surface area contributed by atoms with Crippen LogP contribution in [0.25, 0.3) is 22.2 Å². The van der Waals surface area contributed by atoms with Gasteiger partial charge in [-0.25, -0.2) is 9.37 Å². The predicted molar refractivity (Wildman–Crippen MR) is 127 cm³/mol. The summed E-state index contributed by atoms with van der Waals surface area (Å²) in [6, 6.07) is 5.30. The van der Waals surface area contributed by atoms with Gasteiger partial charge in [0.1, 0.15) is 11.5 Å². The minimum atomic E-state index is -0.765. The summed E-state index contributed by atoms with van der Waals surface area (Å²) >= 11 is 0. The summed E-state index contributed by atoms with van der Waals surface area (Å²) in [6.45, 7) is 2.18. The molecule has 3 heterocycles. The molecule has 4 rings (SSSR count). The number of hydrogen-bond acceptors (Lipinski definition) is 6. The first-order valence-electron chi connectivity index (χ1n) is 11.5. The van der Waals surface area contributed by atoms with Gasteiger partial charge in [-0.1, -0.05) is 0 Å². The number of carbonyl (C=O) groups is 1. The normalized spacial score (nSPS) is 14.9. The van der Waals surface area contributed by atoms with Gasteiger partial charge in [-0.05, 0) is 37.5 Å². The fraction of sp³-hybridized carbons (Fsp3) is 0.480. The zero-order valence-corrected chi connectivity index (χ0v) is 19.8. The molecule has 0 atom stereocenters. The van der Waals surface area contributed by atoms with Crippen molar-refractivity contribution < 1.29 is 23.8 Å². The second-order valence-electron chi connectivity index (χ2n) is 8.94. The van der Waals surface area contributed by atoms with Crippen molar-refractivity contribution in [2.75, 3.05) is 45.4 Å². The average Bonchev–Trinajstić information content (AvgIpc) is 3.20. The van der Waals surface area contributed by atoms with Crippen LogP contribution >= 0.6 is 0 Å². The van der Waals surface area contributed by atoms with E-state index in [1.54, 1.807) is 25.0 Å². The van der Waals surface area contributed by atoms with E-state index in [4.69, 9.17) is 19.4 Å². The minimum Gasteiger partial charge on any atom is -0.481 e. The van der Waals surface area contributed by atoms with Gasteiger partial charge in [0.15, 0.2) is 5.82 Å². The molecule has 0 saturated carbocycles. The van der Waals surface area contributed by atoms with Gasteiger partial charge in [-0.15, -0.1) is 0 Å². The van der Waals surface area contributed by atoms with E-state index in [2.05, 4.69) is 4.90 Å². The summed E-state index contributed by atoms with van der Waals surface area (Å²) in [5.41, 5.74) is 2.58. The number of benzene rings is 1. The van der Waals surface area contributed by atoms with E-state index in [1.807, 2.05) is 25.4 Å². The van der Waals surface area contributed by atoms with Crippen LogP contribution in [0.5, 0.6) is 0 Å². The number of anilines is 1. The van der Waals surface area contributed by atoms with Crippen molar-refractivity contribution >= 4 is 22.7 Å². The number of ether oxygens (including phenoxy) is 2. The van der Waals surface area contributed by atoms with Crippen molar-refractivity contribution in [3.05, 3.63) is 42.1 Å². The van der Waals surface area contributed by atoms with Crippen LogP contribution in [0.1, 0.15) is 18.5 Å². The van der Waals surface area contributed by atoms with E-state index in [0.29, 0.717) is 68.2 Å². The number of halogens is 1.